The second-order valence-corrected chi connectivity index (χ2v) is 7.24. The monoisotopic (exact) mass is 392 g/mol. The summed E-state index contributed by atoms with van der Waals surface area (Å²) in [6.45, 7) is 1.94. The van der Waals surface area contributed by atoms with Gasteiger partial charge in [-0.15, -0.1) is 0 Å². The van der Waals surface area contributed by atoms with Crippen molar-refractivity contribution in [2.24, 2.45) is 0 Å². The first kappa shape index (κ1) is 17.7. The quantitative estimate of drug-likeness (QED) is 0.605. The van der Waals surface area contributed by atoms with Crippen LogP contribution in [0.1, 0.15) is 18.0 Å². The van der Waals surface area contributed by atoms with Crippen molar-refractivity contribution >= 4 is 52.5 Å². The first-order chi connectivity index (χ1) is 12.0. The number of thioether (sulfide) groups is 1. The van der Waals surface area contributed by atoms with E-state index in [-0.39, 0.29) is 11.2 Å². The number of benzene rings is 1. The number of hydrogen-bond donors (Lipinski definition) is 2. The van der Waals surface area contributed by atoms with Gasteiger partial charge in [0, 0.05) is 11.9 Å². The number of nitrogens with zero attached hydrogens (tertiary/aromatic N) is 4. The van der Waals surface area contributed by atoms with Crippen LogP contribution in [0, 0.1) is 0 Å². The fourth-order valence-corrected chi connectivity index (χ4v) is 3.35. The van der Waals surface area contributed by atoms with E-state index >= 15 is 0 Å². The summed E-state index contributed by atoms with van der Waals surface area (Å²) >= 11 is 13.5. The standard InChI is InChI=1S/C16H14Cl2N6S/c1-9(25-14-12(18)7-10(17)8-20-14)13-22-15(19)24-16(23-13)21-11-5-3-2-4-6-11/h2-9H,1H3,(H3,19,21,22,23,24)/t9-/m1/s1. The van der Waals surface area contributed by atoms with Crippen LogP contribution in [0.15, 0.2) is 47.6 Å². The number of para-hydroxylation sites is 1. The molecule has 0 unspecified atom stereocenters. The molecule has 0 aliphatic heterocycles. The third-order valence-corrected chi connectivity index (χ3v) is 4.85. The minimum atomic E-state index is -0.132. The Balaban J connectivity index is 1.81. The minimum absolute atomic E-state index is 0.132. The molecule has 3 N–H and O–H groups in total. The second-order valence-electron chi connectivity index (χ2n) is 5.07. The Labute approximate surface area is 159 Å². The maximum atomic E-state index is 6.17. The van der Waals surface area contributed by atoms with Crippen molar-refractivity contribution in [3.05, 3.63) is 58.5 Å². The molecule has 128 valence electrons. The molecule has 0 saturated heterocycles. The fraction of sp³-hybridized carbons (Fsp3) is 0.125. The number of hydrogen-bond acceptors (Lipinski definition) is 7. The van der Waals surface area contributed by atoms with Gasteiger partial charge in [0.25, 0.3) is 0 Å². The van der Waals surface area contributed by atoms with E-state index in [1.807, 2.05) is 37.3 Å². The van der Waals surface area contributed by atoms with Gasteiger partial charge >= 0.3 is 0 Å². The first-order valence-electron chi connectivity index (χ1n) is 7.32. The van der Waals surface area contributed by atoms with E-state index in [1.165, 1.54) is 11.8 Å². The van der Waals surface area contributed by atoms with Crippen molar-refractivity contribution in [3.8, 4) is 0 Å². The SMILES string of the molecule is C[C@@H](Sc1ncc(Cl)cc1Cl)c1nc(N)nc(Nc2ccccc2)n1. The molecule has 2 heterocycles. The lowest BCUT2D eigenvalue weighted by atomic mass is 10.3. The molecule has 0 aliphatic rings. The molecular weight excluding hydrogens is 379 g/mol. The largest absolute Gasteiger partial charge is 0.368 e. The Bertz CT molecular complexity index is 878. The number of pyridine rings is 1. The molecule has 0 spiro atoms. The van der Waals surface area contributed by atoms with Gasteiger partial charge in [-0.1, -0.05) is 53.2 Å². The van der Waals surface area contributed by atoms with Crippen molar-refractivity contribution < 1.29 is 0 Å². The van der Waals surface area contributed by atoms with Crippen LogP contribution in [-0.4, -0.2) is 19.9 Å². The summed E-state index contributed by atoms with van der Waals surface area (Å²) in [6, 6.07) is 11.2. The topological polar surface area (TPSA) is 89.6 Å². The summed E-state index contributed by atoms with van der Waals surface area (Å²) in [5, 5.41) is 4.60. The molecule has 0 bridgehead atoms. The lowest BCUT2D eigenvalue weighted by molar-refractivity contribution is 0.893. The van der Waals surface area contributed by atoms with Gasteiger partial charge in [0.05, 0.1) is 15.3 Å². The van der Waals surface area contributed by atoms with Gasteiger partial charge in [-0.05, 0) is 25.1 Å². The molecule has 25 heavy (non-hydrogen) atoms. The van der Waals surface area contributed by atoms with Gasteiger partial charge in [-0.2, -0.15) is 15.0 Å². The Morgan fingerprint density at radius 2 is 1.88 bits per heavy atom. The molecule has 0 saturated carbocycles. The van der Waals surface area contributed by atoms with E-state index in [1.54, 1.807) is 12.3 Å². The molecular formula is C16H14Cl2N6S. The average Bonchev–Trinajstić information content (AvgIpc) is 2.57. The molecule has 9 heteroatoms. The summed E-state index contributed by atoms with van der Waals surface area (Å²) in [6.07, 6.45) is 1.55. The van der Waals surface area contributed by atoms with Gasteiger partial charge in [0.15, 0.2) is 0 Å². The number of halogens is 2. The van der Waals surface area contributed by atoms with Crippen LogP contribution >= 0.6 is 35.0 Å². The maximum absolute atomic E-state index is 6.17. The third kappa shape index (κ3) is 4.72. The number of nitrogens with two attached hydrogens (primary N) is 1. The fourth-order valence-electron chi connectivity index (χ4n) is 2.01. The van der Waals surface area contributed by atoms with Gasteiger partial charge in [-0.25, -0.2) is 4.98 Å². The number of rotatable bonds is 5. The van der Waals surface area contributed by atoms with Crippen LogP contribution in [-0.2, 0) is 0 Å². The molecule has 1 atom stereocenters. The molecule has 6 nitrogen and oxygen atoms in total. The van der Waals surface area contributed by atoms with Crippen LogP contribution in [0.5, 0.6) is 0 Å². The Morgan fingerprint density at radius 3 is 2.60 bits per heavy atom. The molecule has 0 radical (unpaired) electrons. The summed E-state index contributed by atoms with van der Waals surface area (Å²) in [5.41, 5.74) is 6.69. The van der Waals surface area contributed by atoms with Crippen LogP contribution in [0.3, 0.4) is 0 Å². The van der Waals surface area contributed by atoms with Crippen LogP contribution in [0.25, 0.3) is 0 Å². The van der Waals surface area contributed by atoms with Crippen molar-refractivity contribution in [1.82, 2.24) is 19.9 Å². The normalized spacial score (nSPS) is 12.0. The van der Waals surface area contributed by atoms with Gasteiger partial charge in [0.1, 0.15) is 10.9 Å². The molecule has 0 amide bonds. The third-order valence-electron chi connectivity index (χ3n) is 3.13. The van der Waals surface area contributed by atoms with Crippen LogP contribution < -0.4 is 11.1 Å². The highest BCUT2D eigenvalue weighted by atomic mass is 35.5. The van der Waals surface area contributed by atoms with E-state index in [2.05, 4.69) is 25.3 Å². The van der Waals surface area contributed by atoms with Gasteiger partial charge in [0.2, 0.25) is 11.9 Å². The smallest absolute Gasteiger partial charge is 0.232 e. The molecule has 3 aromatic rings. The summed E-state index contributed by atoms with van der Waals surface area (Å²) in [4.78, 5) is 17.0. The van der Waals surface area contributed by atoms with Crippen LogP contribution in [0.4, 0.5) is 17.6 Å². The van der Waals surface area contributed by atoms with Crippen molar-refractivity contribution in [2.45, 2.75) is 17.2 Å². The Hall–Kier alpha value is -2.09. The average molecular weight is 393 g/mol. The molecule has 0 aliphatic carbocycles. The highest BCUT2D eigenvalue weighted by molar-refractivity contribution is 7.99. The van der Waals surface area contributed by atoms with E-state index in [0.29, 0.717) is 26.8 Å². The zero-order chi connectivity index (χ0) is 17.8. The zero-order valence-electron chi connectivity index (χ0n) is 13.1. The Morgan fingerprint density at radius 1 is 1.12 bits per heavy atom. The van der Waals surface area contributed by atoms with E-state index < -0.39 is 0 Å². The molecule has 1 aromatic carbocycles. The van der Waals surface area contributed by atoms with Crippen molar-refractivity contribution in [2.75, 3.05) is 11.1 Å². The predicted octanol–water partition coefficient (Wildman–Crippen LogP) is 4.75. The lowest BCUT2D eigenvalue weighted by Gasteiger charge is -2.12. The number of nitrogens with one attached hydrogen (secondary N) is 1. The summed E-state index contributed by atoms with van der Waals surface area (Å²) < 4.78 is 0. The van der Waals surface area contributed by atoms with Crippen molar-refractivity contribution in [3.63, 3.8) is 0 Å². The van der Waals surface area contributed by atoms with E-state index in [9.17, 15) is 0 Å². The molecule has 2 aromatic heterocycles. The van der Waals surface area contributed by atoms with E-state index in [4.69, 9.17) is 28.9 Å². The highest BCUT2D eigenvalue weighted by Gasteiger charge is 2.16. The Kier molecular flexibility index (Phi) is 5.57. The van der Waals surface area contributed by atoms with Gasteiger partial charge < -0.3 is 11.1 Å². The number of aromatic nitrogens is 4. The number of anilines is 3. The second kappa shape index (κ2) is 7.86. The van der Waals surface area contributed by atoms with Crippen molar-refractivity contribution in [1.29, 1.82) is 0 Å². The van der Waals surface area contributed by atoms with Gasteiger partial charge in [-0.3, -0.25) is 0 Å². The van der Waals surface area contributed by atoms with E-state index in [0.717, 1.165) is 5.69 Å². The molecule has 0 fully saturated rings. The first-order valence-corrected chi connectivity index (χ1v) is 8.96. The highest BCUT2D eigenvalue weighted by Crippen LogP contribution is 2.36. The maximum Gasteiger partial charge on any atom is 0.232 e. The zero-order valence-corrected chi connectivity index (χ0v) is 15.5. The minimum Gasteiger partial charge on any atom is -0.368 e. The molecule has 3 rings (SSSR count). The summed E-state index contributed by atoms with van der Waals surface area (Å²) in [5.74, 6) is 1.06. The summed E-state index contributed by atoms with van der Waals surface area (Å²) in [7, 11) is 0. The number of nitrogen functional groups attached to an aromatic ring is 1. The van der Waals surface area contributed by atoms with Crippen LogP contribution in [0.2, 0.25) is 10.0 Å². The lowest BCUT2D eigenvalue weighted by Crippen LogP contribution is -2.08. The predicted molar refractivity (Wildman–Crippen MR) is 102 cm³/mol.